The highest BCUT2D eigenvalue weighted by Crippen LogP contribution is 2.46. The molecule has 5 rings (SSSR count). The summed E-state index contributed by atoms with van der Waals surface area (Å²) in [4.78, 5) is 43.4. The second kappa shape index (κ2) is 7.68. The van der Waals surface area contributed by atoms with Gasteiger partial charge in [-0.25, -0.2) is 9.78 Å². The summed E-state index contributed by atoms with van der Waals surface area (Å²) in [5, 5.41) is 8.45. The molecular weight excluding hydrogens is 394 g/mol. The van der Waals surface area contributed by atoms with Crippen LogP contribution in [0.4, 0.5) is 16.3 Å². The van der Waals surface area contributed by atoms with Crippen molar-refractivity contribution in [3.05, 3.63) is 53.2 Å². The first kappa shape index (κ1) is 19.5. The summed E-state index contributed by atoms with van der Waals surface area (Å²) in [6.07, 6.45) is 6.03. The number of hydrogen-bond acceptors (Lipinski definition) is 4. The molecule has 3 N–H and O–H groups in total. The van der Waals surface area contributed by atoms with E-state index in [-0.39, 0.29) is 24.4 Å². The molecule has 1 saturated heterocycles. The lowest BCUT2D eigenvalue weighted by Gasteiger charge is -2.26. The van der Waals surface area contributed by atoms with Gasteiger partial charge in [-0.2, -0.15) is 0 Å². The molecule has 1 atom stereocenters. The van der Waals surface area contributed by atoms with Gasteiger partial charge in [0.25, 0.3) is 0 Å². The minimum atomic E-state index is -0.628. The van der Waals surface area contributed by atoms with Gasteiger partial charge in [0, 0.05) is 30.5 Å². The van der Waals surface area contributed by atoms with Crippen molar-refractivity contribution in [2.75, 3.05) is 30.3 Å². The Kier molecular flexibility index (Phi) is 4.84. The summed E-state index contributed by atoms with van der Waals surface area (Å²) in [7, 11) is 0. The number of amides is 4. The molecule has 8 heteroatoms. The van der Waals surface area contributed by atoms with Crippen LogP contribution in [0.1, 0.15) is 36.0 Å². The maximum Gasteiger partial charge on any atom is 0.317 e. The van der Waals surface area contributed by atoms with Gasteiger partial charge in [-0.15, -0.1) is 0 Å². The van der Waals surface area contributed by atoms with Crippen LogP contribution in [0.3, 0.4) is 0 Å². The lowest BCUT2D eigenvalue weighted by atomic mass is 9.79. The smallest absolute Gasteiger partial charge is 0.317 e. The average Bonchev–Trinajstić information content (AvgIpc) is 3.30. The topological polar surface area (TPSA) is 103 Å². The molecule has 1 aliphatic carbocycles. The van der Waals surface area contributed by atoms with Gasteiger partial charge >= 0.3 is 6.03 Å². The van der Waals surface area contributed by atoms with Crippen LogP contribution in [-0.4, -0.2) is 47.4 Å². The van der Waals surface area contributed by atoms with Crippen molar-refractivity contribution in [3.63, 3.8) is 0 Å². The van der Waals surface area contributed by atoms with E-state index in [1.165, 1.54) is 0 Å². The molecule has 0 bridgehead atoms. The summed E-state index contributed by atoms with van der Waals surface area (Å²) in [5.74, 6) is 0.341. The van der Waals surface area contributed by atoms with Crippen molar-refractivity contribution in [3.8, 4) is 0 Å². The summed E-state index contributed by atoms with van der Waals surface area (Å²) >= 11 is 0. The minimum Gasteiger partial charge on any atom is -0.329 e. The molecule has 4 amide bonds. The van der Waals surface area contributed by atoms with Gasteiger partial charge in [0.15, 0.2) is 0 Å². The SMILES string of the molecule is O=C(CNC(=O)N1CCCCC1)Nc1ccc2c(c1)CC1(C2)C(=O)Nc2ncccc21. The Hall–Kier alpha value is -3.42. The highest BCUT2D eigenvalue weighted by atomic mass is 16.2. The molecule has 1 unspecified atom stereocenters. The molecule has 1 aromatic carbocycles. The van der Waals surface area contributed by atoms with Crippen molar-refractivity contribution in [1.82, 2.24) is 15.2 Å². The van der Waals surface area contributed by atoms with Crippen LogP contribution in [0.2, 0.25) is 0 Å². The molecule has 1 spiro atoms. The van der Waals surface area contributed by atoms with E-state index in [1.54, 1.807) is 11.1 Å². The molecule has 2 aromatic rings. The predicted molar refractivity (Wildman–Crippen MR) is 116 cm³/mol. The molecule has 0 radical (unpaired) electrons. The first-order valence-electron chi connectivity index (χ1n) is 10.8. The van der Waals surface area contributed by atoms with Crippen LogP contribution in [0.15, 0.2) is 36.5 Å². The van der Waals surface area contributed by atoms with Gasteiger partial charge in [-0.1, -0.05) is 12.1 Å². The molecule has 3 heterocycles. The number of likely N-dealkylation sites (tertiary alicyclic amines) is 1. The Morgan fingerprint density at radius 2 is 1.90 bits per heavy atom. The second-order valence-electron chi connectivity index (χ2n) is 8.53. The van der Waals surface area contributed by atoms with Gasteiger partial charge in [0.05, 0.1) is 12.0 Å². The van der Waals surface area contributed by atoms with Crippen LogP contribution < -0.4 is 16.0 Å². The zero-order chi connectivity index (χ0) is 21.4. The van der Waals surface area contributed by atoms with Crippen LogP contribution in [-0.2, 0) is 27.8 Å². The zero-order valence-corrected chi connectivity index (χ0v) is 17.2. The van der Waals surface area contributed by atoms with E-state index in [2.05, 4.69) is 20.9 Å². The zero-order valence-electron chi connectivity index (χ0n) is 17.2. The Morgan fingerprint density at radius 1 is 1.10 bits per heavy atom. The number of benzene rings is 1. The van der Waals surface area contributed by atoms with E-state index >= 15 is 0 Å². The third-order valence-electron chi connectivity index (χ3n) is 6.51. The summed E-state index contributed by atoms with van der Waals surface area (Å²) in [5.41, 5.74) is 3.11. The number of nitrogens with one attached hydrogen (secondary N) is 3. The highest BCUT2D eigenvalue weighted by molar-refractivity contribution is 6.06. The second-order valence-corrected chi connectivity index (χ2v) is 8.53. The monoisotopic (exact) mass is 419 g/mol. The quantitative estimate of drug-likeness (QED) is 0.710. The van der Waals surface area contributed by atoms with E-state index in [0.717, 1.165) is 49.0 Å². The third kappa shape index (κ3) is 3.52. The number of carbonyl (C=O) groups is 3. The maximum absolute atomic E-state index is 12.8. The summed E-state index contributed by atoms with van der Waals surface area (Å²) in [6.45, 7) is 1.41. The fourth-order valence-electron chi connectivity index (χ4n) is 4.91. The molecule has 31 heavy (non-hydrogen) atoms. The van der Waals surface area contributed by atoms with Crippen molar-refractivity contribution < 1.29 is 14.4 Å². The summed E-state index contributed by atoms with van der Waals surface area (Å²) in [6, 6.07) is 9.36. The highest BCUT2D eigenvalue weighted by Gasteiger charge is 2.51. The van der Waals surface area contributed by atoms with Gasteiger partial charge < -0.3 is 20.9 Å². The normalized spacial score (nSPS) is 21.4. The number of aromatic nitrogens is 1. The molecule has 1 fully saturated rings. The van der Waals surface area contributed by atoms with Crippen LogP contribution in [0, 0.1) is 0 Å². The van der Waals surface area contributed by atoms with Crippen molar-refractivity contribution in [2.24, 2.45) is 0 Å². The van der Waals surface area contributed by atoms with Gasteiger partial charge in [-0.05, 0) is 61.4 Å². The third-order valence-corrected chi connectivity index (χ3v) is 6.51. The fraction of sp³-hybridized carbons (Fsp3) is 0.391. The largest absolute Gasteiger partial charge is 0.329 e. The molecule has 3 aliphatic rings. The number of nitrogens with zero attached hydrogens (tertiary/aromatic N) is 2. The van der Waals surface area contributed by atoms with Crippen LogP contribution in [0.25, 0.3) is 0 Å². The fourth-order valence-corrected chi connectivity index (χ4v) is 4.91. The van der Waals surface area contributed by atoms with Crippen molar-refractivity contribution in [2.45, 2.75) is 37.5 Å². The van der Waals surface area contributed by atoms with Gasteiger partial charge in [0.2, 0.25) is 11.8 Å². The number of hydrogen-bond donors (Lipinski definition) is 3. The van der Waals surface area contributed by atoms with E-state index < -0.39 is 5.41 Å². The number of rotatable bonds is 3. The van der Waals surface area contributed by atoms with Crippen molar-refractivity contribution >= 4 is 29.4 Å². The molecule has 0 saturated carbocycles. The standard InChI is InChI=1S/C23H25N5O3/c29-19(14-25-22(31)28-9-2-1-3-10-28)26-17-7-6-15-12-23(13-16(15)11-17)18-5-4-8-24-20(18)27-21(23)30/h4-8,11H,1-3,9-10,12-14H2,(H,25,31)(H,26,29)(H,24,27,30). The molecule has 160 valence electrons. The number of carbonyl (C=O) groups excluding carboxylic acids is 3. The Balaban J connectivity index is 1.23. The first-order valence-corrected chi connectivity index (χ1v) is 10.8. The van der Waals surface area contributed by atoms with Gasteiger partial charge in [-0.3, -0.25) is 9.59 Å². The van der Waals surface area contributed by atoms with E-state index in [1.807, 2.05) is 30.3 Å². The Morgan fingerprint density at radius 3 is 2.74 bits per heavy atom. The lowest BCUT2D eigenvalue weighted by molar-refractivity contribution is -0.120. The van der Waals surface area contributed by atoms with Crippen LogP contribution >= 0.6 is 0 Å². The first-order chi connectivity index (χ1) is 15.0. The number of urea groups is 1. The molecule has 2 aliphatic heterocycles. The molecular formula is C23H25N5O3. The Labute approximate surface area is 180 Å². The number of fused-ring (bicyclic) bond motifs is 3. The molecule has 8 nitrogen and oxygen atoms in total. The van der Waals surface area contributed by atoms with E-state index in [4.69, 9.17) is 0 Å². The molecule has 1 aromatic heterocycles. The number of piperidine rings is 1. The minimum absolute atomic E-state index is 0.0246. The average molecular weight is 419 g/mol. The summed E-state index contributed by atoms with van der Waals surface area (Å²) < 4.78 is 0. The van der Waals surface area contributed by atoms with E-state index in [0.29, 0.717) is 24.3 Å². The lowest BCUT2D eigenvalue weighted by Crippen LogP contribution is -2.45. The van der Waals surface area contributed by atoms with Crippen LogP contribution in [0.5, 0.6) is 0 Å². The Bertz CT molecular complexity index is 1060. The van der Waals surface area contributed by atoms with Gasteiger partial charge in [0.1, 0.15) is 5.82 Å². The predicted octanol–water partition coefficient (Wildman–Crippen LogP) is 2.20. The number of anilines is 2. The maximum atomic E-state index is 12.8. The van der Waals surface area contributed by atoms with Crippen molar-refractivity contribution in [1.29, 1.82) is 0 Å². The number of pyridine rings is 1. The van der Waals surface area contributed by atoms with E-state index in [9.17, 15) is 14.4 Å².